The minimum Gasteiger partial charge on any atom is -0.354 e. The minimum absolute atomic E-state index is 0.0157. The van der Waals surface area contributed by atoms with Gasteiger partial charge < -0.3 is 30.7 Å². The van der Waals surface area contributed by atoms with Crippen LogP contribution in [0.2, 0.25) is 0 Å². The number of thiazole rings is 2. The molecule has 4 heterocycles. The highest BCUT2D eigenvalue weighted by molar-refractivity contribution is 7.22. The van der Waals surface area contributed by atoms with Gasteiger partial charge >= 0.3 is 0 Å². The Labute approximate surface area is 316 Å². The lowest BCUT2D eigenvalue weighted by Gasteiger charge is -2.33. The summed E-state index contributed by atoms with van der Waals surface area (Å²) in [7, 11) is 8.12. The highest BCUT2D eigenvalue weighted by Gasteiger charge is 2.27. The van der Waals surface area contributed by atoms with E-state index in [2.05, 4.69) is 45.5 Å². The van der Waals surface area contributed by atoms with Crippen LogP contribution in [-0.4, -0.2) is 141 Å². The van der Waals surface area contributed by atoms with Gasteiger partial charge in [0, 0.05) is 70.4 Å². The summed E-state index contributed by atoms with van der Waals surface area (Å²) in [5.74, 6) is -2.74. The lowest BCUT2D eigenvalue weighted by molar-refractivity contribution is -0.123. The molecule has 2 saturated heterocycles. The van der Waals surface area contributed by atoms with Gasteiger partial charge in [0.05, 0.1) is 22.0 Å². The Hall–Kier alpha value is -3.32. The number of piperidine rings is 1. The number of fused-ring (bicyclic) bond motifs is 2. The number of nitrogens with zero attached hydrogens (tertiary/aromatic N) is 6. The fourth-order valence-corrected chi connectivity index (χ4v) is 7.75. The molecule has 2 aliphatic heterocycles. The first-order chi connectivity index (χ1) is 25.3. The zero-order valence-corrected chi connectivity index (χ0v) is 32.9. The molecule has 2 aliphatic rings. The van der Waals surface area contributed by atoms with Gasteiger partial charge in [-0.2, -0.15) is 0 Å². The maximum absolute atomic E-state index is 13.7. The molecule has 2 aromatic carbocycles. The summed E-state index contributed by atoms with van der Waals surface area (Å²) in [6.45, 7) is 12.0. The second-order valence-corrected chi connectivity index (χ2v) is 15.4. The topological polar surface area (TPSA) is 109 Å². The van der Waals surface area contributed by atoms with Gasteiger partial charge in [0.1, 0.15) is 22.7 Å². The molecule has 0 radical (unpaired) electrons. The molecular formula is C36H51F4N9O2S2. The largest absolute Gasteiger partial charge is 0.354 e. The van der Waals surface area contributed by atoms with Crippen LogP contribution in [0.1, 0.15) is 26.7 Å². The normalized spacial score (nSPS) is 18.1. The summed E-state index contributed by atoms with van der Waals surface area (Å²) in [6.07, 6.45) is 1.92. The van der Waals surface area contributed by atoms with E-state index in [0.29, 0.717) is 21.1 Å². The summed E-state index contributed by atoms with van der Waals surface area (Å²) in [4.78, 5) is 42.0. The van der Waals surface area contributed by atoms with E-state index in [1.807, 2.05) is 42.0 Å². The van der Waals surface area contributed by atoms with Crippen molar-refractivity contribution in [2.45, 2.75) is 32.7 Å². The third kappa shape index (κ3) is 12.6. The van der Waals surface area contributed by atoms with Crippen molar-refractivity contribution in [1.29, 1.82) is 0 Å². The smallest absolute Gasteiger partial charge is 0.244 e. The minimum atomic E-state index is -0.725. The van der Waals surface area contributed by atoms with Gasteiger partial charge in [-0.1, -0.05) is 36.5 Å². The lowest BCUT2D eigenvalue weighted by Crippen LogP contribution is -2.56. The van der Waals surface area contributed by atoms with Crippen LogP contribution in [0.4, 0.5) is 27.8 Å². The Morgan fingerprint density at radius 3 is 1.96 bits per heavy atom. The molecule has 53 heavy (non-hydrogen) atoms. The van der Waals surface area contributed by atoms with Crippen LogP contribution >= 0.6 is 22.7 Å². The Kier molecular flexibility index (Phi) is 16.3. The van der Waals surface area contributed by atoms with Gasteiger partial charge in [0.15, 0.2) is 27.7 Å². The van der Waals surface area contributed by atoms with Crippen molar-refractivity contribution < 1.29 is 27.2 Å². The van der Waals surface area contributed by atoms with Gasteiger partial charge in [-0.3, -0.25) is 14.5 Å². The zero-order chi connectivity index (χ0) is 38.7. The number of halogens is 4. The number of amides is 1. The van der Waals surface area contributed by atoms with Crippen LogP contribution in [0.3, 0.4) is 0 Å². The molecule has 0 spiro atoms. The maximum atomic E-state index is 13.7. The highest BCUT2D eigenvalue weighted by atomic mass is 32.1. The number of benzene rings is 2. The van der Waals surface area contributed by atoms with Crippen molar-refractivity contribution in [1.82, 2.24) is 34.9 Å². The summed E-state index contributed by atoms with van der Waals surface area (Å²) in [6, 6.07) is 3.73. The van der Waals surface area contributed by atoms with Crippen LogP contribution in [0.15, 0.2) is 24.3 Å². The molecule has 0 bridgehead atoms. The summed E-state index contributed by atoms with van der Waals surface area (Å²) in [5.41, 5.74) is 0.213. The Morgan fingerprint density at radius 2 is 1.38 bits per heavy atom. The van der Waals surface area contributed by atoms with Gasteiger partial charge in [0.2, 0.25) is 5.91 Å². The van der Waals surface area contributed by atoms with Gasteiger partial charge in [0.25, 0.3) is 0 Å². The monoisotopic (exact) mass is 781 g/mol. The van der Waals surface area contributed by atoms with E-state index in [0.717, 1.165) is 100 Å². The van der Waals surface area contributed by atoms with Crippen molar-refractivity contribution in [3.05, 3.63) is 47.5 Å². The van der Waals surface area contributed by atoms with E-state index in [1.165, 1.54) is 12.1 Å². The van der Waals surface area contributed by atoms with E-state index >= 15 is 0 Å². The van der Waals surface area contributed by atoms with E-state index in [4.69, 9.17) is 0 Å². The summed E-state index contributed by atoms with van der Waals surface area (Å²) < 4.78 is 54.8. The second kappa shape index (κ2) is 20.4. The SMILES string of the molecule is CC.CN(C)CCN1CCCC(C(=O)CNc2nc3c(F)cc(F)cc3s2)C1.CN(C)CCN1CCNC(C(=O)Nc2nc3c(F)cc(F)cc3s2)C1. The number of ketones is 1. The molecule has 2 unspecified atom stereocenters. The predicted molar refractivity (Wildman–Crippen MR) is 207 cm³/mol. The molecule has 0 saturated carbocycles. The number of likely N-dealkylation sites (N-methyl/N-ethyl adjacent to an activating group) is 2. The number of likely N-dealkylation sites (tertiary alicyclic amines) is 1. The van der Waals surface area contributed by atoms with Gasteiger partial charge in [-0.25, -0.2) is 27.5 Å². The average Bonchev–Trinajstić information content (AvgIpc) is 3.74. The number of aromatic nitrogens is 2. The van der Waals surface area contributed by atoms with Crippen LogP contribution in [0, 0.1) is 29.2 Å². The van der Waals surface area contributed by atoms with Crippen molar-refractivity contribution >= 4 is 65.1 Å². The van der Waals surface area contributed by atoms with E-state index in [-0.39, 0.29) is 46.4 Å². The highest BCUT2D eigenvalue weighted by Crippen LogP contribution is 2.30. The van der Waals surface area contributed by atoms with Gasteiger partial charge in [-0.05, 0) is 59.7 Å². The second-order valence-electron chi connectivity index (χ2n) is 13.4. The number of Topliss-reactive ketones (excluding diaryl/α,β-unsaturated/α-hetero) is 1. The van der Waals surface area contributed by atoms with Crippen LogP contribution in [-0.2, 0) is 9.59 Å². The summed E-state index contributed by atoms with van der Waals surface area (Å²) >= 11 is 2.22. The van der Waals surface area contributed by atoms with E-state index < -0.39 is 23.3 Å². The number of carbonyl (C=O) groups excluding carboxylic acids is 2. The molecular weight excluding hydrogens is 731 g/mol. The number of piperazine rings is 1. The number of carbonyl (C=O) groups is 2. The standard InChI is InChI=1S/C18H24F2N4OS.C16H21F2N5OS.C2H6/c1-23(2)6-7-24-5-3-4-12(11-24)15(25)10-21-18-22-17-14(20)8-13(19)9-16(17)26-18;1-22(2)5-6-23-4-3-19-12(9-23)15(24)21-16-20-14-11(18)7-10(17)8-13(14)25-16;1-2/h8-9,12H,3-7,10-11H2,1-2H3,(H,21,22);7-8,12,19H,3-6,9H2,1-2H3,(H,20,21,24);1-2H3. The van der Waals surface area contributed by atoms with Crippen LogP contribution in [0.5, 0.6) is 0 Å². The average molecular weight is 782 g/mol. The summed E-state index contributed by atoms with van der Waals surface area (Å²) in [5, 5.41) is 9.60. The first kappa shape index (κ1) is 42.4. The molecule has 2 fully saturated rings. The first-order valence-corrected chi connectivity index (χ1v) is 19.5. The number of hydrogen-bond acceptors (Lipinski definition) is 12. The number of rotatable bonds is 12. The zero-order valence-electron chi connectivity index (χ0n) is 31.3. The van der Waals surface area contributed by atoms with Crippen molar-refractivity contribution in [2.75, 3.05) is 104 Å². The Balaban J connectivity index is 0.000000226. The molecule has 2 aromatic heterocycles. The fourth-order valence-electron chi connectivity index (χ4n) is 5.94. The van der Waals surface area contributed by atoms with Crippen LogP contribution in [0.25, 0.3) is 20.4 Å². The van der Waals surface area contributed by atoms with Crippen molar-refractivity contribution in [3.63, 3.8) is 0 Å². The molecule has 2 atom stereocenters. The molecule has 17 heteroatoms. The maximum Gasteiger partial charge on any atom is 0.244 e. The Morgan fingerprint density at radius 1 is 0.830 bits per heavy atom. The molecule has 4 aromatic rings. The number of anilines is 2. The number of nitrogens with one attached hydrogen (secondary N) is 3. The quantitative estimate of drug-likeness (QED) is 0.166. The van der Waals surface area contributed by atoms with E-state index in [9.17, 15) is 27.2 Å². The molecule has 11 nitrogen and oxygen atoms in total. The molecule has 0 aliphatic carbocycles. The molecule has 3 N–H and O–H groups in total. The first-order valence-electron chi connectivity index (χ1n) is 17.9. The predicted octanol–water partition coefficient (Wildman–Crippen LogP) is 5.20. The van der Waals surface area contributed by atoms with Crippen molar-refractivity contribution in [2.24, 2.45) is 5.92 Å². The lowest BCUT2D eigenvalue weighted by atomic mass is 9.93. The molecule has 6 rings (SSSR count). The molecule has 1 amide bonds. The third-order valence-electron chi connectivity index (χ3n) is 8.73. The van der Waals surface area contributed by atoms with Crippen LogP contribution < -0.4 is 16.0 Å². The molecule has 292 valence electrons. The van der Waals surface area contributed by atoms with Gasteiger partial charge in [-0.15, -0.1) is 0 Å². The Bertz CT molecular complexity index is 1810. The number of hydrogen-bond donors (Lipinski definition) is 3. The van der Waals surface area contributed by atoms with E-state index in [1.54, 1.807) is 0 Å². The van der Waals surface area contributed by atoms with Crippen molar-refractivity contribution in [3.8, 4) is 0 Å². The third-order valence-corrected chi connectivity index (χ3v) is 10.6. The fraction of sp³-hybridized carbons (Fsp3) is 0.556.